The highest BCUT2D eigenvalue weighted by atomic mass is 16.5. The summed E-state index contributed by atoms with van der Waals surface area (Å²) in [5, 5.41) is 2.90. The van der Waals surface area contributed by atoms with Gasteiger partial charge in [0, 0.05) is 31.7 Å². The van der Waals surface area contributed by atoms with Crippen molar-refractivity contribution in [2.24, 2.45) is 0 Å². The van der Waals surface area contributed by atoms with Crippen LogP contribution >= 0.6 is 0 Å². The molecule has 0 spiro atoms. The molecule has 8 nitrogen and oxygen atoms in total. The SMILES string of the molecule is Cc1ccc(C)c(OCC(=O)c2ccc3c(c2)N(CCCC(=O)NCC2CCCO2)C(=O)CO3)c1. The molecule has 4 rings (SSSR count). The fourth-order valence-corrected chi connectivity index (χ4v) is 4.23. The molecule has 2 aromatic rings. The molecule has 0 radical (unpaired) electrons. The first kappa shape index (κ1) is 24.7. The lowest BCUT2D eigenvalue weighted by Gasteiger charge is -2.29. The van der Waals surface area contributed by atoms with Crippen molar-refractivity contribution >= 4 is 23.3 Å². The second kappa shape index (κ2) is 11.4. The number of anilines is 1. The van der Waals surface area contributed by atoms with Gasteiger partial charge in [-0.25, -0.2) is 0 Å². The zero-order valence-corrected chi connectivity index (χ0v) is 20.3. The second-order valence-electron chi connectivity index (χ2n) is 9.04. The minimum atomic E-state index is -0.200. The van der Waals surface area contributed by atoms with Crippen LogP contribution in [0.3, 0.4) is 0 Å². The van der Waals surface area contributed by atoms with E-state index in [2.05, 4.69) is 5.32 Å². The average Bonchev–Trinajstić information content (AvgIpc) is 3.38. The number of fused-ring (bicyclic) bond motifs is 1. The molecule has 1 saturated heterocycles. The van der Waals surface area contributed by atoms with Gasteiger partial charge in [-0.05, 0) is 68.5 Å². The Morgan fingerprint density at radius 3 is 2.83 bits per heavy atom. The van der Waals surface area contributed by atoms with Crippen LogP contribution in [0, 0.1) is 13.8 Å². The Labute approximate surface area is 205 Å². The van der Waals surface area contributed by atoms with E-state index in [0.29, 0.717) is 48.7 Å². The van der Waals surface area contributed by atoms with Crippen molar-refractivity contribution in [3.05, 3.63) is 53.1 Å². The van der Waals surface area contributed by atoms with Crippen LogP contribution in [0.25, 0.3) is 0 Å². The Balaban J connectivity index is 1.35. The molecule has 186 valence electrons. The molecule has 1 unspecified atom stereocenters. The zero-order chi connectivity index (χ0) is 24.8. The van der Waals surface area contributed by atoms with Gasteiger partial charge in [0.15, 0.2) is 19.0 Å². The molecule has 2 aliphatic rings. The molecule has 0 aliphatic carbocycles. The van der Waals surface area contributed by atoms with Gasteiger partial charge in [-0.1, -0.05) is 12.1 Å². The van der Waals surface area contributed by atoms with Crippen molar-refractivity contribution in [1.29, 1.82) is 0 Å². The number of aryl methyl sites for hydroxylation is 2. The largest absolute Gasteiger partial charge is 0.485 e. The molecule has 0 aromatic heterocycles. The van der Waals surface area contributed by atoms with Gasteiger partial charge in [-0.3, -0.25) is 14.4 Å². The molecule has 2 heterocycles. The van der Waals surface area contributed by atoms with E-state index in [-0.39, 0.29) is 36.9 Å². The van der Waals surface area contributed by atoms with Gasteiger partial charge in [0.25, 0.3) is 5.91 Å². The lowest BCUT2D eigenvalue weighted by molar-refractivity contribution is -0.123. The van der Waals surface area contributed by atoms with E-state index in [0.717, 1.165) is 30.6 Å². The van der Waals surface area contributed by atoms with Gasteiger partial charge < -0.3 is 24.4 Å². The summed E-state index contributed by atoms with van der Waals surface area (Å²) >= 11 is 0. The fourth-order valence-electron chi connectivity index (χ4n) is 4.23. The molecule has 0 saturated carbocycles. The van der Waals surface area contributed by atoms with E-state index in [4.69, 9.17) is 14.2 Å². The monoisotopic (exact) mass is 480 g/mol. The number of hydrogen-bond acceptors (Lipinski definition) is 6. The lowest BCUT2D eigenvalue weighted by Crippen LogP contribution is -2.40. The Bertz CT molecular complexity index is 1090. The normalized spacial score (nSPS) is 17.0. The van der Waals surface area contributed by atoms with Crippen molar-refractivity contribution in [2.45, 2.75) is 45.6 Å². The maximum absolute atomic E-state index is 12.8. The van der Waals surface area contributed by atoms with Gasteiger partial charge in [0.05, 0.1) is 11.8 Å². The third kappa shape index (κ3) is 6.39. The number of nitrogens with zero attached hydrogens (tertiary/aromatic N) is 1. The van der Waals surface area contributed by atoms with Crippen molar-refractivity contribution in [3.8, 4) is 11.5 Å². The summed E-state index contributed by atoms with van der Waals surface area (Å²) in [7, 11) is 0. The third-order valence-corrected chi connectivity index (χ3v) is 6.26. The van der Waals surface area contributed by atoms with E-state index in [1.165, 1.54) is 0 Å². The van der Waals surface area contributed by atoms with E-state index >= 15 is 0 Å². The summed E-state index contributed by atoms with van der Waals surface area (Å²) in [4.78, 5) is 39.2. The Morgan fingerprint density at radius 2 is 2.03 bits per heavy atom. The van der Waals surface area contributed by atoms with Crippen LogP contribution in [0.1, 0.15) is 47.2 Å². The maximum atomic E-state index is 12.8. The highest BCUT2D eigenvalue weighted by Gasteiger charge is 2.26. The number of ketones is 1. The van der Waals surface area contributed by atoms with Crippen molar-refractivity contribution in [1.82, 2.24) is 5.32 Å². The average molecular weight is 481 g/mol. The first-order valence-electron chi connectivity index (χ1n) is 12.1. The van der Waals surface area contributed by atoms with E-state index < -0.39 is 0 Å². The van der Waals surface area contributed by atoms with Crippen LogP contribution in [0.2, 0.25) is 0 Å². The standard InChI is InChI=1S/C27H32N2O6/c1-18-7-8-19(2)25(13-18)34-16-23(30)20-9-10-24-22(14-20)29(27(32)17-35-24)11-3-6-26(31)28-15-21-5-4-12-33-21/h7-10,13-14,21H,3-6,11-12,15-17H2,1-2H3,(H,28,31). The summed E-state index contributed by atoms with van der Waals surface area (Å²) in [6.45, 7) is 5.36. The molecule has 1 fully saturated rings. The van der Waals surface area contributed by atoms with Gasteiger partial charge in [0.2, 0.25) is 5.91 Å². The van der Waals surface area contributed by atoms with Gasteiger partial charge in [-0.2, -0.15) is 0 Å². The van der Waals surface area contributed by atoms with Crippen LogP contribution in [-0.2, 0) is 14.3 Å². The molecular formula is C27H32N2O6. The van der Waals surface area contributed by atoms with Crippen molar-refractivity contribution in [2.75, 3.05) is 37.8 Å². The lowest BCUT2D eigenvalue weighted by atomic mass is 10.1. The summed E-state index contributed by atoms with van der Waals surface area (Å²) < 4.78 is 16.8. The number of amides is 2. The van der Waals surface area contributed by atoms with Crippen LogP contribution in [0.4, 0.5) is 5.69 Å². The fraction of sp³-hybridized carbons (Fsp3) is 0.444. The van der Waals surface area contributed by atoms with Crippen LogP contribution < -0.4 is 19.7 Å². The Kier molecular flexibility index (Phi) is 8.02. The van der Waals surface area contributed by atoms with Gasteiger partial charge in [-0.15, -0.1) is 0 Å². The van der Waals surface area contributed by atoms with Crippen LogP contribution in [0.15, 0.2) is 36.4 Å². The smallest absolute Gasteiger partial charge is 0.265 e. The molecule has 0 bridgehead atoms. The van der Waals surface area contributed by atoms with Crippen molar-refractivity contribution < 1.29 is 28.6 Å². The minimum Gasteiger partial charge on any atom is -0.485 e. The third-order valence-electron chi connectivity index (χ3n) is 6.26. The van der Waals surface area contributed by atoms with Crippen LogP contribution in [0.5, 0.6) is 11.5 Å². The number of benzene rings is 2. The van der Waals surface area contributed by atoms with E-state index in [1.54, 1.807) is 23.1 Å². The van der Waals surface area contributed by atoms with E-state index in [1.807, 2.05) is 32.0 Å². The molecule has 1 atom stereocenters. The number of Topliss-reactive ketones (excluding diaryl/α,β-unsaturated/α-hetero) is 1. The summed E-state index contributed by atoms with van der Waals surface area (Å²) in [5.41, 5.74) is 2.99. The topological polar surface area (TPSA) is 94.2 Å². The number of carbonyl (C=O) groups is 3. The Hall–Kier alpha value is -3.39. The first-order chi connectivity index (χ1) is 16.9. The van der Waals surface area contributed by atoms with Gasteiger partial charge >= 0.3 is 0 Å². The summed E-state index contributed by atoms with van der Waals surface area (Å²) in [6.07, 6.45) is 2.89. The molecule has 2 amide bonds. The highest BCUT2D eigenvalue weighted by Crippen LogP contribution is 2.33. The molecule has 1 N–H and O–H groups in total. The van der Waals surface area contributed by atoms with Crippen LogP contribution in [-0.4, -0.2) is 56.6 Å². The summed E-state index contributed by atoms with van der Waals surface area (Å²) in [6, 6.07) is 10.9. The number of nitrogens with one attached hydrogen (secondary N) is 1. The minimum absolute atomic E-state index is 0.0612. The number of rotatable bonds is 10. The number of hydrogen-bond donors (Lipinski definition) is 1. The molecule has 35 heavy (non-hydrogen) atoms. The quantitative estimate of drug-likeness (QED) is 0.524. The predicted octanol–water partition coefficient (Wildman–Crippen LogP) is 3.37. The molecule has 8 heteroatoms. The molecule has 2 aromatic carbocycles. The predicted molar refractivity (Wildman–Crippen MR) is 131 cm³/mol. The first-order valence-corrected chi connectivity index (χ1v) is 12.1. The second-order valence-corrected chi connectivity index (χ2v) is 9.04. The zero-order valence-electron chi connectivity index (χ0n) is 20.3. The van der Waals surface area contributed by atoms with Crippen molar-refractivity contribution in [3.63, 3.8) is 0 Å². The number of carbonyl (C=O) groups excluding carboxylic acids is 3. The molecular weight excluding hydrogens is 448 g/mol. The van der Waals surface area contributed by atoms with E-state index in [9.17, 15) is 14.4 Å². The highest BCUT2D eigenvalue weighted by molar-refractivity contribution is 6.02. The number of ether oxygens (including phenoxy) is 3. The molecule has 2 aliphatic heterocycles. The maximum Gasteiger partial charge on any atom is 0.265 e. The Morgan fingerprint density at radius 1 is 1.17 bits per heavy atom. The van der Waals surface area contributed by atoms with Gasteiger partial charge in [0.1, 0.15) is 11.5 Å². The summed E-state index contributed by atoms with van der Waals surface area (Å²) in [5.74, 6) is 0.760.